The average molecular weight is 336 g/mol. The van der Waals surface area contributed by atoms with Crippen LogP contribution in [0.1, 0.15) is 5.56 Å². The minimum atomic E-state index is -0.420. The monoisotopic (exact) mass is 336 g/mol. The number of ether oxygens (including phenoxy) is 1. The van der Waals surface area contributed by atoms with Crippen LogP contribution in [0.15, 0.2) is 59.0 Å². The zero-order valence-corrected chi connectivity index (χ0v) is 13.4. The van der Waals surface area contributed by atoms with Gasteiger partial charge in [-0.3, -0.25) is 9.63 Å². The number of carbonyl (C=O) groups excluding carboxylic acids is 1. The molecule has 0 aliphatic heterocycles. The number of oxazole rings is 1. The summed E-state index contributed by atoms with van der Waals surface area (Å²) in [5.74, 6) is 1.97. The highest BCUT2D eigenvalue weighted by molar-refractivity contribution is 5.77. The molecule has 126 valence electrons. The Balaban J connectivity index is 1.57. The van der Waals surface area contributed by atoms with Crippen LogP contribution in [0.4, 0.5) is 0 Å². The number of fused-ring (bicyclic) bond motifs is 1. The van der Waals surface area contributed by atoms with Gasteiger partial charge in [0, 0.05) is 0 Å². The van der Waals surface area contributed by atoms with E-state index < -0.39 is 5.91 Å². The van der Waals surface area contributed by atoms with Gasteiger partial charge in [-0.25, -0.2) is 5.06 Å². The predicted octanol–water partition coefficient (Wildman–Crippen LogP) is 2.80. The molecule has 0 aliphatic carbocycles. The van der Waals surface area contributed by atoms with Crippen molar-refractivity contribution in [3.63, 3.8) is 0 Å². The van der Waals surface area contributed by atoms with E-state index in [0.29, 0.717) is 11.1 Å². The minimum absolute atomic E-state index is 0.0165. The van der Waals surface area contributed by atoms with E-state index in [9.17, 15) is 4.79 Å². The summed E-state index contributed by atoms with van der Waals surface area (Å²) < 4.78 is 10.7. The van der Waals surface area contributed by atoms with Crippen LogP contribution in [0.3, 0.4) is 0 Å². The number of terminal acetylenes is 1. The number of amides is 1. The number of para-hydroxylation sites is 2. The lowest BCUT2D eigenvalue weighted by Crippen LogP contribution is -2.35. The standard InChI is InChI=1S/C19H16N2O4/c1-2-12-21(24-13-15-8-4-3-5-9-15)18(22)14-23-19-20-16-10-6-7-11-17(16)25-19/h1,3-11H,12-14H2. The van der Waals surface area contributed by atoms with Crippen LogP contribution >= 0.6 is 0 Å². The fourth-order valence-electron chi connectivity index (χ4n) is 2.12. The molecule has 25 heavy (non-hydrogen) atoms. The Bertz CT molecular complexity index is 850. The Labute approximate surface area is 144 Å². The Morgan fingerprint density at radius 2 is 1.92 bits per heavy atom. The summed E-state index contributed by atoms with van der Waals surface area (Å²) in [5.41, 5.74) is 2.17. The highest BCUT2D eigenvalue weighted by Crippen LogP contribution is 2.19. The second-order valence-corrected chi connectivity index (χ2v) is 5.13. The molecular weight excluding hydrogens is 320 g/mol. The zero-order valence-electron chi connectivity index (χ0n) is 13.4. The second kappa shape index (κ2) is 7.99. The molecule has 1 heterocycles. The summed E-state index contributed by atoms with van der Waals surface area (Å²) in [6, 6.07) is 16.7. The van der Waals surface area contributed by atoms with E-state index in [2.05, 4.69) is 10.9 Å². The summed E-state index contributed by atoms with van der Waals surface area (Å²) >= 11 is 0. The molecule has 0 saturated heterocycles. The quantitative estimate of drug-likeness (QED) is 0.490. The van der Waals surface area contributed by atoms with E-state index in [1.165, 1.54) is 0 Å². The molecule has 0 unspecified atom stereocenters. The number of hydrogen-bond donors (Lipinski definition) is 0. The van der Waals surface area contributed by atoms with Crippen LogP contribution in [0, 0.1) is 12.3 Å². The highest BCUT2D eigenvalue weighted by atomic mass is 16.7. The third-order valence-electron chi connectivity index (χ3n) is 3.34. The van der Waals surface area contributed by atoms with Gasteiger partial charge in [0.15, 0.2) is 12.2 Å². The number of carbonyl (C=O) groups is 1. The van der Waals surface area contributed by atoms with Gasteiger partial charge >= 0.3 is 6.08 Å². The predicted molar refractivity (Wildman–Crippen MR) is 91.3 cm³/mol. The van der Waals surface area contributed by atoms with Crippen molar-refractivity contribution in [1.29, 1.82) is 0 Å². The zero-order chi connectivity index (χ0) is 17.5. The summed E-state index contributed by atoms with van der Waals surface area (Å²) in [5, 5.41) is 1.09. The molecule has 2 aromatic carbocycles. The van der Waals surface area contributed by atoms with E-state index in [4.69, 9.17) is 20.4 Å². The number of benzene rings is 2. The summed E-state index contributed by atoms with van der Waals surface area (Å²) in [4.78, 5) is 21.9. The molecular formula is C19H16N2O4. The summed E-state index contributed by atoms with van der Waals surface area (Å²) in [7, 11) is 0. The van der Waals surface area contributed by atoms with Crippen molar-refractivity contribution in [1.82, 2.24) is 10.0 Å². The number of nitrogens with zero attached hydrogens (tertiary/aromatic N) is 2. The maximum absolute atomic E-state index is 12.3. The van der Waals surface area contributed by atoms with Crippen LogP contribution < -0.4 is 4.74 Å². The smallest absolute Gasteiger partial charge is 0.395 e. The summed E-state index contributed by atoms with van der Waals surface area (Å²) in [6.45, 7) is -0.0387. The van der Waals surface area contributed by atoms with Crippen LogP contribution in [0.2, 0.25) is 0 Å². The first-order valence-electron chi connectivity index (χ1n) is 7.65. The van der Waals surface area contributed by atoms with Crippen molar-refractivity contribution in [3.05, 3.63) is 60.2 Å². The van der Waals surface area contributed by atoms with E-state index in [-0.39, 0.29) is 25.8 Å². The third kappa shape index (κ3) is 4.37. The van der Waals surface area contributed by atoms with Gasteiger partial charge in [-0.1, -0.05) is 48.4 Å². The Morgan fingerprint density at radius 3 is 2.68 bits per heavy atom. The van der Waals surface area contributed by atoms with Gasteiger partial charge in [0.05, 0.1) is 0 Å². The molecule has 0 spiro atoms. The van der Waals surface area contributed by atoms with Gasteiger partial charge in [-0.15, -0.1) is 6.42 Å². The van der Waals surface area contributed by atoms with E-state index >= 15 is 0 Å². The highest BCUT2D eigenvalue weighted by Gasteiger charge is 2.16. The summed E-state index contributed by atoms with van der Waals surface area (Å²) in [6.07, 6.45) is 5.33. The molecule has 0 atom stereocenters. The minimum Gasteiger partial charge on any atom is -0.440 e. The van der Waals surface area contributed by atoms with Crippen molar-refractivity contribution >= 4 is 17.0 Å². The fraction of sp³-hybridized carbons (Fsp3) is 0.158. The normalized spacial score (nSPS) is 10.4. The lowest BCUT2D eigenvalue weighted by atomic mass is 10.2. The number of hydrogen-bond acceptors (Lipinski definition) is 5. The molecule has 1 aromatic heterocycles. The van der Waals surface area contributed by atoms with Gasteiger partial charge in [0.25, 0.3) is 5.91 Å². The van der Waals surface area contributed by atoms with E-state index in [1.54, 1.807) is 12.1 Å². The second-order valence-electron chi connectivity index (χ2n) is 5.13. The van der Waals surface area contributed by atoms with Crippen molar-refractivity contribution in [3.8, 4) is 18.4 Å². The molecule has 0 aliphatic rings. The van der Waals surface area contributed by atoms with Gasteiger partial charge in [0.1, 0.15) is 18.7 Å². The van der Waals surface area contributed by atoms with Gasteiger partial charge in [0.2, 0.25) is 0 Å². The van der Waals surface area contributed by atoms with Crippen LogP contribution in [0.5, 0.6) is 6.08 Å². The molecule has 0 fully saturated rings. The molecule has 6 nitrogen and oxygen atoms in total. The van der Waals surface area contributed by atoms with Crippen LogP contribution in [0.25, 0.3) is 11.1 Å². The fourth-order valence-corrected chi connectivity index (χ4v) is 2.12. The lowest BCUT2D eigenvalue weighted by Gasteiger charge is -2.19. The average Bonchev–Trinajstić information content (AvgIpc) is 3.07. The first kappa shape index (κ1) is 16.6. The molecule has 0 bridgehead atoms. The molecule has 3 rings (SSSR count). The maximum Gasteiger partial charge on any atom is 0.395 e. The number of rotatable bonds is 7. The number of aromatic nitrogens is 1. The Kier molecular flexibility index (Phi) is 5.29. The molecule has 6 heteroatoms. The van der Waals surface area contributed by atoms with Crippen molar-refractivity contribution < 1.29 is 18.8 Å². The third-order valence-corrected chi connectivity index (χ3v) is 3.34. The van der Waals surface area contributed by atoms with Gasteiger partial charge < -0.3 is 9.15 Å². The molecule has 1 amide bonds. The van der Waals surface area contributed by atoms with Crippen LogP contribution in [-0.2, 0) is 16.2 Å². The van der Waals surface area contributed by atoms with Gasteiger partial charge in [-0.05, 0) is 17.7 Å². The molecule has 0 saturated carbocycles. The number of hydroxylamine groups is 2. The Hall–Kier alpha value is -3.30. The topological polar surface area (TPSA) is 64.8 Å². The van der Waals surface area contributed by atoms with Crippen molar-refractivity contribution in [2.24, 2.45) is 0 Å². The largest absolute Gasteiger partial charge is 0.440 e. The van der Waals surface area contributed by atoms with Crippen LogP contribution in [-0.4, -0.2) is 29.1 Å². The first-order chi connectivity index (χ1) is 12.3. The molecule has 0 N–H and O–H groups in total. The van der Waals surface area contributed by atoms with E-state index in [0.717, 1.165) is 10.6 Å². The van der Waals surface area contributed by atoms with E-state index in [1.807, 2.05) is 42.5 Å². The van der Waals surface area contributed by atoms with Gasteiger partial charge in [-0.2, -0.15) is 4.98 Å². The maximum atomic E-state index is 12.3. The Morgan fingerprint density at radius 1 is 1.16 bits per heavy atom. The first-order valence-corrected chi connectivity index (χ1v) is 7.65. The molecule has 3 aromatic rings. The SMILES string of the molecule is C#CCN(OCc1ccccc1)C(=O)COc1nc2ccccc2o1. The molecule has 0 radical (unpaired) electrons. The lowest BCUT2D eigenvalue weighted by molar-refractivity contribution is -0.189. The van der Waals surface area contributed by atoms with Crippen molar-refractivity contribution in [2.45, 2.75) is 6.61 Å². The van der Waals surface area contributed by atoms with Crippen molar-refractivity contribution in [2.75, 3.05) is 13.2 Å².